The van der Waals surface area contributed by atoms with Crippen LogP contribution in [0.5, 0.6) is 0 Å². The Morgan fingerprint density at radius 1 is 1.50 bits per heavy atom. The monoisotopic (exact) mass is 324 g/mol. The summed E-state index contributed by atoms with van der Waals surface area (Å²) in [6.45, 7) is 2.18. The number of amides is 1. The van der Waals surface area contributed by atoms with Gasteiger partial charge in [0, 0.05) is 12.3 Å². The predicted octanol–water partition coefficient (Wildman–Crippen LogP) is 1.68. The molecule has 2 heterocycles. The van der Waals surface area contributed by atoms with Crippen LogP contribution in [0, 0.1) is 11.8 Å². The van der Waals surface area contributed by atoms with Crippen molar-refractivity contribution in [1.29, 1.82) is 0 Å². The van der Waals surface area contributed by atoms with E-state index in [4.69, 9.17) is 4.42 Å². The van der Waals surface area contributed by atoms with Crippen LogP contribution in [0.25, 0.3) is 0 Å². The molecule has 7 heteroatoms. The molecule has 1 saturated heterocycles. The highest BCUT2D eigenvalue weighted by molar-refractivity contribution is 7.91. The first-order valence-electron chi connectivity index (χ1n) is 7.55. The fourth-order valence-corrected chi connectivity index (χ4v) is 4.73. The summed E-state index contributed by atoms with van der Waals surface area (Å²) < 4.78 is 28.3. The smallest absolute Gasteiger partial charge is 0.240 e. The molecule has 1 aromatic rings. The van der Waals surface area contributed by atoms with E-state index >= 15 is 0 Å². The van der Waals surface area contributed by atoms with Crippen LogP contribution in [0.4, 0.5) is 0 Å². The summed E-state index contributed by atoms with van der Waals surface area (Å²) in [6, 6.07) is 3.78. The maximum Gasteiger partial charge on any atom is 0.240 e. The zero-order valence-electron chi connectivity index (χ0n) is 12.5. The summed E-state index contributed by atoms with van der Waals surface area (Å²) in [7, 11) is -2.94. The molecule has 0 bridgehead atoms. The Morgan fingerprint density at radius 2 is 2.27 bits per heavy atom. The Bertz CT molecular complexity index is 692. The number of hydrazone groups is 1. The standard InChI is InChI=1S/C15H20N2O4S/c1-10-6-13(10)14-3-2-12(21-14)8-16-17-15(18)7-11-4-5-22(19,20)9-11/h2-3,8,10-11,13H,4-7,9H2,1H3,(H,17,18)/b16-8-/t10-,11-,13-/m0/s1. The molecule has 1 amide bonds. The number of nitrogens with one attached hydrogen (secondary N) is 1. The highest BCUT2D eigenvalue weighted by atomic mass is 32.2. The van der Waals surface area contributed by atoms with Crippen LogP contribution in [0.3, 0.4) is 0 Å². The van der Waals surface area contributed by atoms with Gasteiger partial charge >= 0.3 is 0 Å². The van der Waals surface area contributed by atoms with E-state index in [0.717, 1.165) is 12.2 Å². The van der Waals surface area contributed by atoms with Crippen LogP contribution in [0.1, 0.15) is 43.6 Å². The van der Waals surface area contributed by atoms with Gasteiger partial charge in [-0.05, 0) is 36.8 Å². The van der Waals surface area contributed by atoms with Gasteiger partial charge in [0.25, 0.3) is 0 Å². The SMILES string of the molecule is C[C@H]1C[C@@H]1c1ccc(/C=N\NC(=O)C[C@@H]2CCS(=O)(=O)C2)o1. The minimum Gasteiger partial charge on any atom is -0.460 e. The molecule has 2 fully saturated rings. The third-order valence-corrected chi connectivity index (χ3v) is 6.14. The van der Waals surface area contributed by atoms with E-state index in [2.05, 4.69) is 17.5 Å². The van der Waals surface area contributed by atoms with Crippen molar-refractivity contribution in [1.82, 2.24) is 5.43 Å². The van der Waals surface area contributed by atoms with Crippen molar-refractivity contribution < 1.29 is 17.6 Å². The Labute approximate surface area is 129 Å². The van der Waals surface area contributed by atoms with Gasteiger partial charge in [0.1, 0.15) is 11.5 Å². The normalized spacial score (nSPS) is 29.8. The van der Waals surface area contributed by atoms with Crippen molar-refractivity contribution in [2.24, 2.45) is 16.9 Å². The van der Waals surface area contributed by atoms with Crippen LogP contribution in [-0.4, -0.2) is 32.0 Å². The van der Waals surface area contributed by atoms with Gasteiger partial charge < -0.3 is 4.42 Å². The minimum absolute atomic E-state index is 0.0910. The number of nitrogens with zero attached hydrogens (tertiary/aromatic N) is 1. The first-order chi connectivity index (χ1) is 10.4. The average Bonchev–Trinajstić information content (AvgIpc) is 2.84. The van der Waals surface area contributed by atoms with Gasteiger partial charge in [-0.3, -0.25) is 4.79 Å². The first-order valence-corrected chi connectivity index (χ1v) is 9.37. The molecule has 0 aromatic carbocycles. The fourth-order valence-electron chi connectivity index (χ4n) is 2.86. The van der Waals surface area contributed by atoms with Crippen molar-refractivity contribution >= 4 is 22.0 Å². The number of rotatable bonds is 5. The molecule has 0 radical (unpaired) electrons. The van der Waals surface area contributed by atoms with Gasteiger partial charge in [0.05, 0.1) is 17.7 Å². The average molecular weight is 324 g/mol. The van der Waals surface area contributed by atoms with E-state index in [0.29, 0.717) is 24.0 Å². The number of hydrogen-bond acceptors (Lipinski definition) is 5. The molecule has 3 atom stereocenters. The van der Waals surface area contributed by atoms with E-state index in [-0.39, 0.29) is 29.8 Å². The Kier molecular flexibility index (Phi) is 4.08. The lowest BCUT2D eigenvalue weighted by molar-refractivity contribution is -0.121. The maximum absolute atomic E-state index is 11.7. The molecule has 0 spiro atoms. The van der Waals surface area contributed by atoms with Crippen molar-refractivity contribution in [2.45, 2.75) is 32.1 Å². The highest BCUT2D eigenvalue weighted by Crippen LogP contribution is 2.47. The highest BCUT2D eigenvalue weighted by Gasteiger charge is 2.36. The number of sulfone groups is 1. The van der Waals surface area contributed by atoms with E-state index in [1.807, 2.05) is 12.1 Å². The fraction of sp³-hybridized carbons (Fsp3) is 0.600. The second-order valence-electron chi connectivity index (χ2n) is 6.33. The first kappa shape index (κ1) is 15.3. The minimum atomic E-state index is -2.94. The molecule has 22 heavy (non-hydrogen) atoms. The third kappa shape index (κ3) is 3.76. The van der Waals surface area contributed by atoms with Crippen LogP contribution >= 0.6 is 0 Å². The number of carbonyl (C=O) groups is 1. The summed E-state index contributed by atoms with van der Waals surface area (Å²) in [5.74, 6) is 2.70. The van der Waals surface area contributed by atoms with Gasteiger partial charge in [-0.2, -0.15) is 5.10 Å². The Balaban J connectivity index is 1.45. The zero-order chi connectivity index (χ0) is 15.7. The Hall–Kier alpha value is -1.63. The molecular weight excluding hydrogens is 304 g/mol. The molecule has 2 aliphatic rings. The number of furan rings is 1. The molecule has 0 unspecified atom stereocenters. The molecule has 3 rings (SSSR count). The molecule has 1 saturated carbocycles. The summed E-state index contributed by atoms with van der Waals surface area (Å²) in [6.07, 6.45) is 3.38. The van der Waals surface area contributed by atoms with E-state index in [1.165, 1.54) is 6.21 Å². The molecule has 1 aromatic heterocycles. The third-order valence-electron chi connectivity index (χ3n) is 4.30. The summed E-state index contributed by atoms with van der Waals surface area (Å²) in [5, 5.41) is 3.86. The van der Waals surface area contributed by atoms with Gasteiger partial charge in [-0.1, -0.05) is 6.92 Å². The second-order valence-corrected chi connectivity index (χ2v) is 8.55. The van der Waals surface area contributed by atoms with E-state index in [1.54, 1.807) is 0 Å². The lowest BCUT2D eigenvalue weighted by Gasteiger charge is -2.04. The number of hydrogen-bond donors (Lipinski definition) is 1. The molecular formula is C15H20N2O4S. The Morgan fingerprint density at radius 3 is 2.91 bits per heavy atom. The van der Waals surface area contributed by atoms with Gasteiger partial charge in [-0.15, -0.1) is 0 Å². The lowest BCUT2D eigenvalue weighted by Crippen LogP contribution is -2.21. The van der Waals surface area contributed by atoms with Crippen molar-refractivity contribution in [3.05, 3.63) is 23.7 Å². The van der Waals surface area contributed by atoms with Crippen LogP contribution in [0.15, 0.2) is 21.7 Å². The van der Waals surface area contributed by atoms with Gasteiger partial charge in [-0.25, -0.2) is 13.8 Å². The van der Waals surface area contributed by atoms with Crippen molar-refractivity contribution in [2.75, 3.05) is 11.5 Å². The van der Waals surface area contributed by atoms with Crippen molar-refractivity contribution in [3.8, 4) is 0 Å². The topological polar surface area (TPSA) is 88.7 Å². The summed E-state index contributed by atoms with van der Waals surface area (Å²) in [4.78, 5) is 11.7. The summed E-state index contributed by atoms with van der Waals surface area (Å²) >= 11 is 0. The largest absolute Gasteiger partial charge is 0.460 e. The summed E-state index contributed by atoms with van der Waals surface area (Å²) in [5.41, 5.74) is 2.42. The zero-order valence-corrected chi connectivity index (χ0v) is 13.3. The van der Waals surface area contributed by atoms with Crippen LogP contribution < -0.4 is 5.43 Å². The van der Waals surface area contributed by atoms with Crippen molar-refractivity contribution in [3.63, 3.8) is 0 Å². The quantitative estimate of drug-likeness (QED) is 0.659. The molecule has 1 aliphatic carbocycles. The van der Waals surface area contributed by atoms with Crippen LogP contribution in [0.2, 0.25) is 0 Å². The van der Waals surface area contributed by atoms with Gasteiger partial charge in [0.2, 0.25) is 5.91 Å². The van der Waals surface area contributed by atoms with E-state index in [9.17, 15) is 13.2 Å². The maximum atomic E-state index is 11.7. The second kappa shape index (κ2) is 5.87. The van der Waals surface area contributed by atoms with E-state index < -0.39 is 9.84 Å². The molecule has 1 N–H and O–H groups in total. The molecule has 6 nitrogen and oxygen atoms in total. The van der Waals surface area contributed by atoms with Gasteiger partial charge in [0.15, 0.2) is 9.84 Å². The van der Waals surface area contributed by atoms with Crippen LogP contribution in [-0.2, 0) is 14.6 Å². The predicted molar refractivity (Wildman–Crippen MR) is 82.3 cm³/mol. The lowest BCUT2D eigenvalue weighted by atomic mass is 10.1. The molecule has 120 valence electrons. The number of carbonyl (C=O) groups excluding carboxylic acids is 1. The molecule has 1 aliphatic heterocycles.